The Kier molecular flexibility index (Phi) is 14.0. The lowest BCUT2D eigenvalue weighted by Crippen LogP contribution is -2.25. The van der Waals surface area contributed by atoms with Gasteiger partial charge in [-0.15, -0.1) is 0 Å². The number of hydrogen-bond donors (Lipinski definition) is 0. The average molecular weight is 520 g/mol. The van der Waals surface area contributed by atoms with E-state index in [4.69, 9.17) is 4.74 Å². The van der Waals surface area contributed by atoms with Crippen LogP contribution in [0.4, 0.5) is 4.39 Å². The second-order valence-electron chi connectivity index (χ2n) is 10.7. The summed E-state index contributed by atoms with van der Waals surface area (Å²) < 4.78 is 20.2. The Labute approximate surface area is 232 Å². The summed E-state index contributed by atoms with van der Waals surface area (Å²) in [5, 5.41) is 0. The van der Waals surface area contributed by atoms with E-state index in [0.29, 0.717) is 11.8 Å². The highest BCUT2D eigenvalue weighted by atomic mass is 19.1. The van der Waals surface area contributed by atoms with Gasteiger partial charge in [-0.2, -0.15) is 0 Å². The van der Waals surface area contributed by atoms with Gasteiger partial charge in [0.1, 0.15) is 12.4 Å². The first-order valence-electron chi connectivity index (χ1n) is 14.5. The van der Waals surface area contributed by atoms with Crippen molar-refractivity contribution in [3.63, 3.8) is 0 Å². The molecule has 2 aromatic carbocycles. The number of hydrogen-bond acceptors (Lipinski definition) is 2. The molecule has 1 unspecified atom stereocenters. The average Bonchev–Trinajstić information content (AvgIpc) is 3.34. The minimum Gasteiger partial charge on any atom is -0.477 e. The van der Waals surface area contributed by atoms with Crippen molar-refractivity contribution in [3.8, 4) is 0 Å². The van der Waals surface area contributed by atoms with E-state index in [9.17, 15) is 4.39 Å². The first-order valence-corrected chi connectivity index (χ1v) is 14.5. The second kappa shape index (κ2) is 16.9. The Morgan fingerprint density at radius 1 is 1.03 bits per heavy atom. The van der Waals surface area contributed by atoms with Crippen molar-refractivity contribution in [1.29, 1.82) is 0 Å². The number of halogens is 1. The fourth-order valence-corrected chi connectivity index (χ4v) is 4.91. The Hall–Kier alpha value is -2.81. The summed E-state index contributed by atoms with van der Waals surface area (Å²) >= 11 is 0. The molecule has 0 N–H and O–H groups in total. The van der Waals surface area contributed by atoms with Crippen molar-refractivity contribution >= 4 is 0 Å². The fraction of sp³-hybridized carbons (Fsp3) is 0.486. The molecular formula is C35H50FNO. The van der Waals surface area contributed by atoms with Gasteiger partial charge in [-0.25, -0.2) is 4.39 Å². The van der Waals surface area contributed by atoms with Crippen LogP contribution < -0.4 is 0 Å². The van der Waals surface area contributed by atoms with E-state index in [0.717, 1.165) is 68.7 Å². The van der Waals surface area contributed by atoms with Gasteiger partial charge in [-0.05, 0) is 88.0 Å². The molecule has 0 aliphatic carbocycles. The molecular weight excluding hydrogens is 469 g/mol. The van der Waals surface area contributed by atoms with Crippen LogP contribution in [-0.4, -0.2) is 18.1 Å². The highest BCUT2D eigenvalue weighted by molar-refractivity contribution is 5.32. The third-order valence-electron chi connectivity index (χ3n) is 6.72. The number of aryl methyl sites for hydroxylation is 3. The molecule has 1 saturated heterocycles. The maximum absolute atomic E-state index is 14.2. The van der Waals surface area contributed by atoms with E-state index in [1.165, 1.54) is 16.8 Å². The highest BCUT2D eigenvalue weighted by Crippen LogP contribution is 2.32. The minimum atomic E-state index is -0.0791. The molecule has 0 spiro atoms. The molecule has 3 heteroatoms. The number of unbranched alkanes of at least 4 members (excludes halogenated alkanes) is 1. The van der Waals surface area contributed by atoms with E-state index in [1.807, 2.05) is 44.2 Å². The number of nitrogens with zero attached hydrogens (tertiary/aromatic N) is 1. The van der Waals surface area contributed by atoms with Gasteiger partial charge in [-0.3, -0.25) is 0 Å². The predicted molar refractivity (Wildman–Crippen MR) is 161 cm³/mol. The maximum atomic E-state index is 14.2. The number of rotatable bonds is 11. The Morgan fingerprint density at radius 3 is 2.26 bits per heavy atom. The molecule has 2 aromatic rings. The summed E-state index contributed by atoms with van der Waals surface area (Å²) in [5.74, 6) is 1.90. The van der Waals surface area contributed by atoms with E-state index < -0.39 is 0 Å². The maximum Gasteiger partial charge on any atom is 0.189 e. The zero-order valence-electron chi connectivity index (χ0n) is 24.9. The van der Waals surface area contributed by atoms with Crippen LogP contribution in [0.1, 0.15) is 82.1 Å². The first-order chi connectivity index (χ1) is 18.3. The highest BCUT2D eigenvalue weighted by Gasteiger charge is 2.27. The van der Waals surface area contributed by atoms with Crippen LogP contribution in [0.5, 0.6) is 0 Å². The number of benzene rings is 2. The zero-order valence-corrected chi connectivity index (χ0v) is 24.9. The molecule has 1 heterocycles. The molecule has 2 nitrogen and oxygen atoms in total. The molecule has 38 heavy (non-hydrogen) atoms. The lowest BCUT2D eigenvalue weighted by Gasteiger charge is -2.29. The topological polar surface area (TPSA) is 12.5 Å². The van der Waals surface area contributed by atoms with Crippen LogP contribution in [0, 0.1) is 38.4 Å². The van der Waals surface area contributed by atoms with Gasteiger partial charge in [0.15, 0.2) is 5.88 Å². The third-order valence-corrected chi connectivity index (χ3v) is 6.72. The van der Waals surface area contributed by atoms with Crippen molar-refractivity contribution < 1.29 is 9.13 Å². The van der Waals surface area contributed by atoms with Gasteiger partial charge in [0.25, 0.3) is 0 Å². The van der Waals surface area contributed by atoms with Gasteiger partial charge in [0, 0.05) is 11.6 Å². The van der Waals surface area contributed by atoms with Gasteiger partial charge < -0.3 is 9.64 Å². The van der Waals surface area contributed by atoms with Crippen LogP contribution in [0.15, 0.2) is 78.3 Å². The zero-order chi connectivity index (χ0) is 27.9. The standard InChI is InChI=1S/C28H42FNO.C7H8/c1-7-12-26(30-16-17-31-27(30)13-8-2)25(15-11-9-10-14-21(3)4)20-24-18-22(5)28(29)23(6)19-24;1-7-5-3-2-4-6-7/h10,12-14,18-19,21,25H,7-9,11,15-17,20H2,1-6H3;2-6H,1H3/b14-10+,26-12-,27-13-;. The molecule has 1 fully saturated rings. The summed E-state index contributed by atoms with van der Waals surface area (Å²) in [4.78, 5) is 2.38. The molecule has 0 aromatic heterocycles. The van der Waals surface area contributed by atoms with Crippen LogP contribution in [0.3, 0.4) is 0 Å². The molecule has 1 atom stereocenters. The van der Waals surface area contributed by atoms with Crippen LogP contribution >= 0.6 is 0 Å². The van der Waals surface area contributed by atoms with Gasteiger partial charge in [0.2, 0.25) is 0 Å². The Bertz CT molecular complexity index is 1030. The summed E-state index contributed by atoms with van der Waals surface area (Å²) in [5.41, 5.74) is 5.40. The molecule has 0 bridgehead atoms. The summed E-state index contributed by atoms with van der Waals surface area (Å²) in [7, 11) is 0. The normalized spacial score (nSPS) is 15.7. The number of allylic oxidation sites excluding steroid dienone is 5. The third kappa shape index (κ3) is 10.5. The molecule has 208 valence electrons. The van der Waals surface area contributed by atoms with Gasteiger partial charge in [-0.1, -0.05) is 94.0 Å². The minimum absolute atomic E-state index is 0.0791. The van der Waals surface area contributed by atoms with E-state index in [1.54, 1.807) is 0 Å². The van der Waals surface area contributed by atoms with Gasteiger partial charge in [0.05, 0.1) is 6.54 Å². The summed E-state index contributed by atoms with van der Waals surface area (Å²) in [6.07, 6.45) is 15.4. The molecule has 3 rings (SSSR count). The fourth-order valence-electron chi connectivity index (χ4n) is 4.91. The Balaban J connectivity index is 0.000000624. The Morgan fingerprint density at radius 2 is 1.71 bits per heavy atom. The second-order valence-corrected chi connectivity index (χ2v) is 10.7. The lowest BCUT2D eigenvalue weighted by atomic mass is 9.88. The van der Waals surface area contributed by atoms with E-state index in [2.05, 4.69) is 76.0 Å². The van der Waals surface area contributed by atoms with Crippen molar-refractivity contribution in [2.45, 2.75) is 87.0 Å². The SMILES string of the molecule is CC/C=C1\OCCN1/C(=C\CC)C(CCC/C=C/C(C)C)Cc1cc(C)c(F)c(C)c1.Cc1ccccc1. The molecule has 1 aliphatic heterocycles. The van der Waals surface area contributed by atoms with Crippen molar-refractivity contribution in [3.05, 3.63) is 106 Å². The number of ether oxygens (including phenoxy) is 1. The predicted octanol–water partition coefficient (Wildman–Crippen LogP) is 9.86. The van der Waals surface area contributed by atoms with Gasteiger partial charge >= 0.3 is 0 Å². The summed E-state index contributed by atoms with van der Waals surface area (Å²) in [6.45, 7) is 16.3. The van der Waals surface area contributed by atoms with Crippen molar-refractivity contribution in [2.24, 2.45) is 11.8 Å². The molecule has 0 saturated carbocycles. The lowest BCUT2D eigenvalue weighted by molar-refractivity contribution is 0.237. The summed E-state index contributed by atoms with van der Waals surface area (Å²) in [6, 6.07) is 14.3. The van der Waals surface area contributed by atoms with Crippen molar-refractivity contribution in [2.75, 3.05) is 13.2 Å². The van der Waals surface area contributed by atoms with Crippen molar-refractivity contribution in [1.82, 2.24) is 4.90 Å². The van der Waals surface area contributed by atoms with E-state index >= 15 is 0 Å². The van der Waals surface area contributed by atoms with Crippen LogP contribution in [0.25, 0.3) is 0 Å². The molecule has 0 radical (unpaired) electrons. The first kappa shape index (κ1) is 31.4. The van der Waals surface area contributed by atoms with Crippen LogP contribution in [-0.2, 0) is 11.2 Å². The smallest absolute Gasteiger partial charge is 0.189 e. The van der Waals surface area contributed by atoms with E-state index in [-0.39, 0.29) is 5.82 Å². The molecule has 1 aliphatic rings. The monoisotopic (exact) mass is 519 g/mol. The quantitative estimate of drug-likeness (QED) is 0.216. The largest absolute Gasteiger partial charge is 0.477 e. The van der Waals surface area contributed by atoms with Crippen LogP contribution in [0.2, 0.25) is 0 Å². The molecule has 0 amide bonds.